The van der Waals surface area contributed by atoms with Crippen LogP contribution < -0.4 is 10.7 Å². The summed E-state index contributed by atoms with van der Waals surface area (Å²) in [6, 6.07) is 7.74. The summed E-state index contributed by atoms with van der Waals surface area (Å²) in [6.07, 6.45) is 2.27. The Morgan fingerprint density at radius 2 is 2.07 bits per heavy atom. The van der Waals surface area contributed by atoms with Crippen molar-refractivity contribution in [1.29, 1.82) is 0 Å². The van der Waals surface area contributed by atoms with Crippen LogP contribution in [0.3, 0.4) is 0 Å². The molecule has 1 fully saturated rings. The number of nitrogens with one attached hydrogen (secondary N) is 2. The molecular formula is C18H23N5O2S2. The molecule has 1 atom stereocenters. The molecule has 0 bridgehead atoms. The van der Waals surface area contributed by atoms with E-state index in [4.69, 9.17) is 12.2 Å². The fraction of sp³-hybridized carbons (Fsp3) is 0.389. The number of nitrogens with zero attached hydrogens (tertiary/aromatic N) is 3. The largest absolute Gasteiger partial charge is 0.331 e. The number of rotatable bonds is 4. The fourth-order valence-corrected chi connectivity index (χ4v) is 5.06. The van der Waals surface area contributed by atoms with E-state index in [2.05, 4.69) is 20.9 Å². The van der Waals surface area contributed by atoms with Crippen LogP contribution in [0.15, 0.2) is 29.4 Å². The van der Waals surface area contributed by atoms with E-state index in [0.717, 1.165) is 28.2 Å². The van der Waals surface area contributed by atoms with E-state index in [9.17, 15) is 8.42 Å². The molecule has 9 heteroatoms. The molecule has 2 aromatic rings. The molecule has 1 aliphatic rings. The van der Waals surface area contributed by atoms with E-state index in [1.807, 2.05) is 49.7 Å². The smallest absolute Gasteiger partial charge is 0.191 e. The van der Waals surface area contributed by atoms with Gasteiger partial charge < -0.3 is 5.32 Å². The lowest BCUT2D eigenvalue weighted by Gasteiger charge is -2.11. The Morgan fingerprint density at radius 3 is 2.74 bits per heavy atom. The van der Waals surface area contributed by atoms with Crippen molar-refractivity contribution in [2.75, 3.05) is 16.8 Å². The minimum Gasteiger partial charge on any atom is -0.331 e. The first kappa shape index (κ1) is 19.5. The number of hydrogen-bond donors (Lipinski definition) is 2. The summed E-state index contributed by atoms with van der Waals surface area (Å²) in [5.41, 5.74) is 7.39. The average Bonchev–Trinajstić information content (AvgIpc) is 3.10. The predicted octanol–water partition coefficient (Wildman–Crippen LogP) is 2.49. The highest BCUT2D eigenvalue weighted by molar-refractivity contribution is 7.91. The van der Waals surface area contributed by atoms with Crippen LogP contribution >= 0.6 is 12.2 Å². The molecule has 2 N–H and O–H groups in total. The van der Waals surface area contributed by atoms with Crippen LogP contribution in [0, 0.1) is 20.8 Å². The van der Waals surface area contributed by atoms with Crippen molar-refractivity contribution in [3.63, 3.8) is 0 Å². The third kappa shape index (κ3) is 4.54. The minimum absolute atomic E-state index is 0.104. The van der Waals surface area contributed by atoms with Crippen LogP contribution in [0.4, 0.5) is 5.69 Å². The maximum atomic E-state index is 11.7. The quantitative estimate of drug-likeness (QED) is 0.462. The van der Waals surface area contributed by atoms with E-state index in [1.165, 1.54) is 0 Å². The van der Waals surface area contributed by atoms with Crippen LogP contribution in [-0.2, 0) is 9.84 Å². The Morgan fingerprint density at radius 1 is 1.33 bits per heavy atom. The van der Waals surface area contributed by atoms with Gasteiger partial charge in [0.15, 0.2) is 14.9 Å². The zero-order chi connectivity index (χ0) is 19.6. The lowest BCUT2D eigenvalue weighted by molar-refractivity contribution is 0.486. The van der Waals surface area contributed by atoms with Gasteiger partial charge >= 0.3 is 0 Å². The lowest BCUT2D eigenvalue weighted by Crippen LogP contribution is -2.24. The SMILES string of the molecule is Cc1ccccc1NC(=S)N/N=C\c1c(C)nn([C@H]2CCS(=O)(=O)C2)c1C. The van der Waals surface area contributed by atoms with Gasteiger partial charge in [-0.3, -0.25) is 10.1 Å². The number of aryl methyl sites for hydroxylation is 2. The van der Waals surface area contributed by atoms with Gasteiger partial charge in [-0.05, 0) is 51.0 Å². The van der Waals surface area contributed by atoms with Crippen LogP contribution in [0.25, 0.3) is 0 Å². The molecule has 1 saturated heterocycles. The molecule has 0 radical (unpaired) electrons. The summed E-state index contributed by atoms with van der Waals surface area (Å²) in [5, 5.41) is 12.2. The molecule has 3 rings (SSSR count). The topological polar surface area (TPSA) is 88.4 Å². The molecule has 1 aromatic carbocycles. The molecule has 7 nitrogen and oxygen atoms in total. The number of thiocarbonyl (C=S) groups is 1. The highest BCUT2D eigenvalue weighted by atomic mass is 32.2. The molecule has 2 heterocycles. The van der Waals surface area contributed by atoms with E-state index in [-0.39, 0.29) is 17.5 Å². The monoisotopic (exact) mass is 405 g/mol. The zero-order valence-electron chi connectivity index (χ0n) is 15.6. The van der Waals surface area contributed by atoms with Crippen molar-refractivity contribution in [2.24, 2.45) is 5.10 Å². The van der Waals surface area contributed by atoms with Crippen molar-refractivity contribution in [2.45, 2.75) is 33.2 Å². The summed E-state index contributed by atoms with van der Waals surface area (Å²) in [5.74, 6) is 0.369. The van der Waals surface area contributed by atoms with Gasteiger partial charge in [0.05, 0.1) is 29.5 Å². The molecule has 1 aliphatic heterocycles. The zero-order valence-corrected chi connectivity index (χ0v) is 17.2. The first-order valence-corrected chi connectivity index (χ1v) is 10.9. The predicted molar refractivity (Wildman–Crippen MR) is 112 cm³/mol. The summed E-state index contributed by atoms with van der Waals surface area (Å²) < 4.78 is 25.3. The van der Waals surface area contributed by atoms with Crippen molar-refractivity contribution in [3.05, 3.63) is 46.8 Å². The minimum atomic E-state index is -2.96. The molecule has 0 aliphatic carbocycles. The van der Waals surface area contributed by atoms with Gasteiger partial charge in [-0.2, -0.15) is 10.2 Å². The highest BCUT2D eigenvalue weighted by Gasteiger charge is 2.31. The van der Waals surface area contributed by atoms with Gasteiger partial charge in [0, 0.05) is 16.9 Å². The summed E-state index contributed by atoms with van der Waals surface area (Å²) in [6.45, 7) is 5.81. The number of hydrazone groups is 1. The molecule has 144 valence electrons. The van der Waals surface area contributed by atoms with Gasteiger partial charge in [0.2, 0.25) is 0 Å². The van der Waals surface area contributed by atoms with Crippen molar-refractivity contribution < 1.29 is 8.42 Å². The van der Waals surface area contributed by atoms with Gasteiger partial charge in [-0.1, -0.05) is 18.2 Å². The maximum Gasteiger partial charge on any atom is 0.191 e. The molecule has 0 saturated carbocycles. The average molecular weight is 406 g/mol. The van der Waals surface area contributed by atoms with E-state index >= 15 is 0 Å². The number of para-hydroxylation sites is 1. The van der Waals surface area contributed by atoms with E-state index < -0.39 is 9.84 Å². The summed E-state index contributed by atoms with van der Waals surface area (Å²) >= 11 is 5.27. The van der Waals surface area contributed by atoms with Crippen LogP contribution in [0.1, 0.15) is 35.0 Å². The second-order valence-electron chi connectivity index (χ2n) is 6.72. The second-order valence-corrected chi connectivity index (χ2v) is 9.36. The Kier molecular flexibility index (Phi) is 5.61. The second kappa shape index (κ2) is 7.77. The van der Waals surface area contributed by atoms with Crippen LogP contribution in [0.5, 0.6) is 0 Å². The van der Waals surface area contributed by atoms with Gasteiger partial charge in [-0.25, -0.2) is 8.42 Å². The fourth-order valence-electron chi connectivity index (χ4n) is 3.21. The van der Waals surface area contributed by atoms with Crippen molar-refractivity contribution in [1.82, 2.24) is 15.2 Å². The number of benzene rings is 1. The molecule has 0 spiro atoms. The number of anilines is 1. The van der Waals surface area contributed by atoms with Gasteiger partial charge in [-0.15, -0.1) is 0 Å². The van der Waals surface area contributed by atoms with Crippen molar-refractivity contribution in [3.8, 4) is 0 Å². The van der Waals surface area contributed by atoms with Crippen LogP contribution in [-0.4, -0.2) is 41.0 Å². The highest BCUT2D eigenvalue weighted by Crippen LogP contribution is 2.26. The number of sulfone groups is 1. The van der Waals surface area contributed by atoms with Gasteiger partial charge in [0.25, 0.3) is 0 Å². The Hall–Kier alpha value is -2.26. The third-order valence-electron chi connectivity index (χ3n) is 4.69. The van der Waals surface area contributed by atoms with Crippen LogP contribution in [0.2, 0.25) is 0 Å². The Balaban J connectivity index is 1.67. The molecule has 1 aromatic heterocycles. The molecule has 0 amide bonds. The standard InChI is InChI=1S/C18H23N5O2S2/c1-12-6-4-5-7-17(12)20-18(26)21-19-10-16-13(2)22-23(14(16)3)15-8-9-27(24,25)11-15/h4-7,10,15H,8-9,11H2,1-3H3,(H2,20,21,26)/b19-10-/t15-/m0/s1. The summed E-state index contributed by atoms with van der Waals surface area (Å²) in [7, 11) is -2.96. The van der Waals surface area contributed by atoms with E-state index in [1.54, 1.807) is 6.21 Å². The van der Waals surface area contributed by atoms with Gasteiger partial charge in [0.1, 0.15) is 0 Å². The normalized spacial score (nSPS) is 18.7. The lowest BCUT2D eigenvalue weighted by atomic mass is 10.2. The third-order valence-corrected chi connectivity index (χ3v) is 6.63. The first-order chi connectivity index (χ1) is 12.8. The molecule has 27 heavy (non-hydrogen) atoms. The number of aromatic nitrogens is 2. The molecule has 0 unspecified atom stereocenters. The Labute approximate surface area is 164 Å². The Bertz CT molecular complexity index is 995. The number of hydrogen-bond acceptors (Lipinski definition) is 5. The maximum absolute atomic E-state index is 11.7. The van der Waals surface area contributed by atoms with E-state index in [0.29, 0.717) is 11.5 Å². The summed E-state index contributed by atoms with van der Waals surface area (Å²) in [4.78, 5) is 0. The molecular weight excluding hydrogens is 382 g/mol. The van der Waals surface area contributed by atoms with Crippen molar-refractivity contribution >= 4 is 39.1 Å². The first-order valence-electron chi connectivity index (χ1n) is 8.68.